The molecule has 1 N–H and O–H groups in total. The molecule has 1 aromatic rings. The third kappa shape index (κ3) is 3.69. The van der Waals surface area contributed by atoms with Gasteiger partial charge in [-0.15, -0.1) is 0 Å². The van der Waals surface area contributed by atoms with E-state index in [1.165, 1.54) is 12.0 Å². The topological polar surface area (TPSA) is 66.8 Å². The summed E-state index contributed by atoms with van der Waals surface area (Å²) in [7, 11) is 1.49. The Morgan fingerprint density at radius 3 is 2.50 bits per heavy atom. The summed E-state index contributed by atoms with van der Waals surface area (Å²) < 4.78 is 45.2. The molecule has 1 amide bonds. The molecule has 24 heavy (non-hydrogen) atoms. The Balaban J connectivity index is 2.43. The maximum absolute atomic E-state index is 13.6. The zero-order chi connectivity index (χ0) is 17.9. The van der Waals surface area contributed by atoms with Gasteiger partial charge in [-0.05, 0) is 30.5 Å². The molecule has 0 saturated carbocycles. The number of hydrogen-bond donors (Lipinski definition) is 1. The first kappa shape index (κ1) is 18.3. The summed E-state index contributed by atoms with van der Waals surface area (Å²) >= 11 is 0. The Morgan fingerprint density at radius 2 is 1.96 bits per heavy atom. The van der Waals surface area contributed by atoms with Gasteiger partial charge in [-0.3, -0.25) is 9.59 Å². The molecule has 0 radical (unpaired) electrons. The number of likely N-dealkylation sites (tertiary alicyclic amines) is 1. The van der Waals surface area contributed by atoms with Crippen molar-refractivity contribution < 1.29 is 32.6 Å². The van der Waals surface area contributed by atoms with E-state index in [0.29, 0.717) is 13.0 Å². The molecule has 0 unspecified atom stereocenters. The minimum atomic E-state index is -1.63. The van der Waals surface area contributed by atoms with Gasteiger partial charge < -0.3 is 14.7 Å². The first-order valence-electron chi connectivity index (χ1n) is 7.52. The number of aliphatic carboxylic acids is 1. The summed E-state index contributed by atoms with van der Waals surface area (Å²) in [5, 5.41) is 9.41. The number of methoxy groups -OCH3 is 1. The van der Waals surface area contributed by atoms with Gasteiger partial charge in [0, 0.05) is 26.7 Å². The number of rotatable bonds is 6. The van der Waals surface area contributed by atoms with Gasteiger partial charge >= 0.3 is 5.97 Å². The average Bonchev–Trinajstić information content (AvgIpc) is 2.53. The molecular formula is C16H18F3NO4. The number of benzene rings is 1. The number of carboxylic acid groups (broad SMARTS) is 1. The lowest BCUT2D eigenvalue weighted by molar-refractivity contribution is -0.152. The highest BCUT2D eigenvalue weighted by atomic mass is 19.2. The fourth-order valence-corrected chi connectivity index (χ4v) is 3.01. The molecule has 2 atom stereocenters. The predicted octanol–water partition coefficient (Wildman–Crippen LogP) is 2.50. The van der Waals surface area contributed by atoms with Gasteiger partial charge in [0.1, 0.15) is 0 Å². The Labute approximate surface area is 137 Å². The summed E-state index contributed by atoms with van der Waals surface area (Å²) in [6, 6.07) is 0.451. The molecule has 1 aliphatic heterocycles. The minimum absolute atomic E-state index is 0.0343. The van der Waals surface area contributed by atoms with E-state index in [1.54, 1.807) is 0 Å². The fraction of sp³-hybridized carbons (Fsp3) is 0.500. The van der Waals surface area contributed by atoms with Crippen molar-refractivity contribution in [2.45, 2.75) is 25.3 Å². The third-order valence-corrected chi connectivity index (χ3v) is 4.12. The highest BCUT2D eigenvalue weighted by Gasteiger charge is 2.41. The van der Waals surface area contributed by atoms with Crippen LogP contribution in [-0.4, -0.2) is 42.1 Å². The number of carbonyl (C=O) groups is 2. The van der Waals surface area contributed by atoms with E-state index in [-0.39, 0.29) is 30.9 Å². The van der Waals surface area contributed by atoms with Crippen LogP contribution in [0.15, 0.2) is 12.1 Å². The van der Waals surface area contributed by atoms with Gasteiger partial charge in [0.05, 0.1) is 12.0 Å². The van der Waals surface area contributed by atoms with Crippen LogP contribution in [0.5, 0.6) is 0 Å². The third-order valence-electron chi connectivity index (χ3n) is 4.12. The second-order valence-electron chi connectivity index (χ2n) is 5.66. The van der Waals surface area contributed by atoms with Crippen LogP contribution < -0.4 is 0 Å². The molecule has 0 bridgehead atoms. The average molecular weight is 345 g/mol. The van der Waals surface area contributed by atoms with Crippen LogP contribution in [0.4, 0.5) is 13.2 Å². The van der Waals surface area contributed by atoms with Crippen molar-refractivity contribution in [3.63, 3.8) is 0 Å². The van der Waals surface area contributed by atoms with Crippen molar-refractivity contribution >= 4 is 11.9 Å². The van der Waals surface area contributed by atoms with Crippen molar-refractivity contribution in [3.05, 3.63) is 35.1 Å². The van der Waals surface area contributed by atoms with Crippen LogP contribution in [0, 0.1) is 23.4 Å². The Kier molecular flexibility index (Phi) is 5.82. The largest absolute Gasteiger partial charge is 0.481 e. The van der Waals surface area contributed by atoms with E-state index in [1.807, 2.05) is 0 Å². The summed E-state index contributed by atoms with van der Waals surface area (Å²) in [5.41, 5.74) is -0.0655. The Bertz CT molecular complexity index is 615. The lowest BCUT2D eigenvalue weighted by Crippen LogP contribution is -2.46. The van der Waals surface area contributed by atoms with E-state index in [9.17, 15) is 27.9 Å². The maximum Gasteiger partial charge on any atom is 0.308 e. The molecule has 0 spiro atoms. The summed E-state index contributed by atoms with van der Waals surface area (Å²) in [6.07, 6.45) is 0.532. The van der Waals surface area contributed by atoms with Crippen molar-refractivity contribution in [3.8, 4) is 0 Å². The SMILES string of the molecule is COCCCN1C(=O)CC[C@H](C(=O)O)[C@H]1c1cc(F)c(F)c(F)c1. The standard InChI is InChI=1S/C16H18F3NO4/c1-24-6-2-5-20-13(21)4-3-10(16(22)23)15(20)9-7-11(17)14(19)12(18)8-9/h7-8,10,15H,2-6H2,1H3,(H,22,23)/t10-,15+/m0/s1. The minimum Gasteiger partial charge on any atom is -0.481 e. The number of halogens is 3. The zero-order valence-electron chi connectivity index (χ0n) is 13.1. The van der Waals surface area contributed by atoms with Gasteiger partial charge in [0.15, 0.2) is 17.5 Å². The monoisotopic (exact) mass is 345 g/mol. The normalized spacial score (nSPS) is 21.2. The molecule has 1 fully saturated rings. The summed E-state index contributed by atoms with van der Waals surface area (Å²) in [4.78, 5) is 25.0. The van der Waals surface area contributed by atoms with Crippen molar-refractivity contribution in [1.29, 1.82) is 0 Å². The molecule has 5 nitrogen and oxygen atoms in total. The van der Waals surface area contributed by atoms with E-state index < -0.39 is 35.4 Å². The second-order valence-corrected chi connectivity index (χ2v) is 5.66. The van der Waals surface area contributed by atoms with E-state index in [2.05, 4.69) is 0 Å². The Hall–Kier alpha value is -2.09. The lowest BCUT2D eigenvalue weighted by atomic mass is 9.84. The first-order valence-corrected chi connectivity index (χ1v) is 7.52. The van der Waals surface area contributed by atoms with Crippen molar-refractivity contribution in [1.82, 2.24) is 4.90 Å². The summed E-state index contributed by atoms with van der Waals surface area (Å²) in [6.45, 7) is 0.530. The highest BCUT2D eigenvalue weighted by molar-refractivity contribution is 5.81. The number of ether oxygens (including phenoxy) is 1. The van der Waals surface area contributed by atoms with Crippen LogP contribution in [0.1, 0.15) is 30.9 Å². The van der Waals surface area contributed by atoms with Crippen molar-refractivity contribution in [2.24, 2.45) is 5.92 Å². The molecule has 132 valence electrons. The van der Waals surface area contributed by atoms with E-state index in [4.69, 9.17) is 4.74 Å². The predicted molar refractivity (Wildman–Crippen MR) is 77.6 cm³/mol. The molecule has 2 rings (SSSR count). The second kappa shape index (κ2) is 7.65. The maximum atomic E-state index is 13.6. The molecule has 1 aromatic carbocycles. The zero-order valence-corrected chi connectivity index (χ0v) is 13.1. The number of carbonyl (C=O) groups excluding carboxylic acids is 1. The van der Waals surface area contributed by atoms with Crippen molar-refractivity contribution in [2.75, 3.05) is 20.3 Å². The number of hydrogen-bond acceptors (Lipinski definition) is 3. The molecule has 8 heteroatoms. The highest BCUT2D eigenvalue weighted by Crippen LogP contribution is 2.38. The molecule has 0 aromatic heterocycles. The molecular weight excluding hydrogens is 327 g/mol. The smallest absolute Gasteiger partial charge is 0.308 e. The van der Waals surface area contributed by atoms with Gasteiger partial charge in [-0.1, -0.05) is 0 Å². The molecule has 1 saturated heterocycles. The molecule has 1 aliphatic rings. The van der Waals surface area contributed by atoms with Crippen LogP contribution >= 0.6 is 0 Å². The van der Waals surface area contributed by atoms with Gasteiger partial charge in [0.2, 0.25) is 5.91 Å². The number of nitrogens with zero attached hydrogens (tertiary/aromatic N) is 1. The van der Waals surface area contributed by atoms with Crippen LogP contribution in [-0.2, 0) is 14.3 Å². The summed E-state index contributed by atoms with van der Waals surface area (Å²) in [5.74, 6) is -6.95. The molecule has 0 aliphatic carbocycles. The van der Waals surface area contributed by atoms with E-state index >= 15 is 0 Å². The molecule has 1 heterocycles. The van der Waals surface area contributed by atoms with Gasteiger partial charge in [-0.25, -0.2) is 13.2 Å². The Morgan fingerprint density at radius 1 is 1.33 bits per heavy atom. The number of carboxylic acids is 1. The van der Waals surface area contributed by atoms with E-state index in [0.717, 1.165) is 12.1 Å². The number of amides is 1. The van der Waals surface area contributed by atoms with Crippen LogP contribution in [0.3, 0.4) is 0 Å². The number of piperidine rings is 1. The van der Waals surface area contributed by atoms with Gasteiger partial charge in [-0.2, -0.15) is 0 Å². The van der Waals surface area contributed by atoms with Crippen LogP contribution in [0.25, 0.3) is 0 Å². The lowest BCUT2D eigenvalue weighted by Gasteiger charge is -2.40. The first-order chi connectivity index (χ1) is 11.4. The van der Waals surface area contributed by atoms with Crippen LogP contribution in [0.2, 0.25) is 0 Å². The van der Waals surface area contributed by atoms with Gasteiger partial charge in [0.25, 0.3) is 0 Å². The fourth-order valence-electron chi connectivity index (χ4n) is 3.01. The quantitative estimate of drug-likeness (QED) is 0.635.